The molecule has 0 aromatic heterocycles. The van der Waals surface area contributed by atoms with Crippen LogP contribution in [0.1, 0.15) is 13.3 Å². The number of nitrogens with two attached hydrogens (primary N) is 1. The lowest BCUT2D eigenvalue weighted by Crippen LogP contribution is -1.63. The summed E-state index contributed by atoms with van der Waals surface area (Å²) in [5.74, 6) is 1.99. The van der Waals surface area contributed by atoms with Crippen LogP contribution < -0.4 is 5.50 Å². The summed E-state index contributed by atoms with van der Waals surface area (Å²) >= 11 is 0. The molecule has 0 saturated heterocycles. The van der Waals surface area contributed by atoms with Crippen molar-refractivity contribution in [2.24, 2.45) is 5.50 Å². The maximum absolute atomic E-state index is 5.23. The molecule has 0 aliphatic carbocycles. The molecule has 46 valence electrons. The number of hydrogen-bond donors (Lipinski definition) is 1. The van der Waals surface area contributed by atoms with E-state index < -0.39 is 0 Å². The van der Waals surface area contributed by atoms with Gasteiger partial charge in [-0.3, -0.25) is 0 Å². The van der Waals surface area contributed by atoms with E-state index in [0.717, 1.165) is 6.42 Å². The van der Waals surface area contributed by atoms with Crippen LogP contribution in [0.4, 0.5) is 0 Å². The van der Waals surface area contributed by atoms with Gasteiger partial charge >= 0.3 is 0 Å². The molecule has 0 aromatic carbocycles. The summed E-state index contributed by atoms with van der Waals surface area (Å²) in [7, 11) is 0.455. The van der Waals surface area contributed by atoms with E-state index in [1.54, 1.807) is 0 Å². The lowest BCUT2D eigenvalue weighted by atomic mass is 10.4. The van der Waals surface area contributed by atoms with Gasteiger partial charge in [-0.25, -0.2) is 0 Å². The van der Waals surface area contributed by atoms with Crippen LogP contribution in [-0.2, 0) is 0 Å². The molecule has 0 aromatic rings. The fraction of sp³-hybridized carbons (Fsp3) is 0.333. The van der Waals surface area contributed by atoms with Gasteiger partial charge < -0.3 is 5.50 Å². The number of rotatable bonds is 3. The summed E-state index contributed by atoms with van der Waals surface area (Å²) < 4.78 is 0. The predicted octanol–water partition coefficient (Wildman–Crippen LogP) is 2.02. The SMILES string of the molecule is CC=CCC=CPN. The first kappa shape index (κ1) is 7.87. The molecule has 0 amide bonds. The lowest BCUT2D eigenvalue weighted by Gasteiger charge is -1.77. The van der Waals surface area contributed by atoms with Crippen molar-refractivity contribution >= 4 is 8.73 Å². The molecule has 0 aliphatic heterocycles. The number of allylic oxidation sites excluding steroid dienone is 3. The van der Waals surface area contributed by atoms with Gasteiger partial charge in [0.25, 0.3) is 0 Å². The van der Waals surface area contributed by atoms with Crippen molar-refractivity contribution in [2.45, 2.75) is 13.3 Å². The molecule has 0 radical (unpaired) electrons. The zero-order valence-corrected chi connectivity index (χ0v) is 6.09. The number of hydrogen-bond acceptors (Lipinski definition) is 1. The van der Waals surface area contributed by atoms with Crippen LogP contribution in [0.25, 0.3) is 0 Å². The fourth-order valence-electron chi connectivity index (χ4n) is 0.351. The van der Waals surface area contributed by atoms with Crippen molar-refractivity contribution in [2.75, 3.05) is 0 Å². The van der Waals surface area contributed by atoms with Gasteiger partial charge in [-0.05, 0) is 22.1 Å². The summed E-state index contributed by atoms with van der Waals surface area (Å²) in [6.07, 6.45) is 7.21. The first-order chi connectivity index (χ1) is 3.91. The highest BCUT2D eigenvalue weighted by atomic mass is 31.1. The maximum atomic E-state index is 5.23. The second-order valence-electron chi connectivity index (χ2n) is 1.37. The Labute approximate surface area is 52.5 Å². The van der Waals surface area contributed by atoms with Crippen LogP contribution in [0, 0.1) is 0 Å². The normalized spacial score (nSPS) is 13.2. The molecule has 0 bridgehead atoms. The molecule has 1 nitrogen and oxygen atoms in total. The Morgan fingerprint density at radius 1 is 1.50 bits per heavy atom. The van der Waals surface area contributed by atoms with Crippen LogP contribution in [-0.4, -0.2) is 0 Å². The molecule has 2 heteroatoms. The van der Waals surface area contributed by atoms with E-state index in [2.05, 4.69) is 12.2 Å². The van der Waals surface area contributed by atoms with Gasteiger partial charge in [-0.1, -0.05) is 24.0 Å². The van der Waals surface area contributed by atoms with Crippen LogP contribution in [0.15, 0.2) is 24.0 Å². The monoisotopic (exact) mass is 129 g/mol. The molecule has 2 N–H and O–H groups in total. The Morgan fingerprint density at radius 2 is 2.25 bits per heavy atom. The van der Waals surface area contributed by atoms with E-state index >= 15 is 0 Å². The quantitative estimate of drug-likeness (QED) is 0.458. The van der Waals surface area contributed by atoms with E-state index in [1.165, 1.54) is 0 Å². The molecule has 0 rings (SSSR count). The molecular formula is C6H12NP. The summed E-state index contributed by atoms with van der Waals surface area (Å²) in [6.45, 7) is 2.01. The molecule has 0 heterocycles. The molecule has 0 spiro atoms. The standard InChI is InChI=1S/C6H12NP/c1-2-3-4-5-6-8-7/h2-3,5-6,8H,4,7H2,1H3. The van der Waals surface area contributed by atoms with E-state index in [-0.39, 0.29) is 0 Å². The Hall–Kier alpha value is -0.130. The van der Waals surface area contributed by atoms with Gasteiger partial charge in [0.15, 0.2) is 0 Å². The summed E-state index contributed by atoms with van der Waals surface area (Å²) in [5.41, 5.74) is 5.23. The Morgan fingerprint density at radius 3 is 2.75 bits per heavy atom. The largest absolute Gasteiger partial charge is 0.309 e. The zero-order chi connectivity index (χ0) is 6.24. The third-order valence-electron chi connectivity index (χ3n) is 0.722. The second kappa shape index (κ2) is 6.87. The van der Waals surface area contributed by atoms with Crippen LogP contribution in [0.5, 0.6) is 0 Å². The second-order valence-corrected chi connectivity index (χ2v) is 2.04. The van der Waals surface area contributed by atoms with Gasteiger partial charge in [-0.15, -0.1) is 0 Å². The summed E-state index contributed by atoms with van der Waals surface area (Å²) in [4.78, 5) is 0. The highest BCUT2D eigenvalue weighted by Crippen LogP contribution is 1.98. The van der Waals surface area contributed by atoms with Gasteiger partial charge in [-0.2, -0.15) is 0 Å². The Kier molecular flexibility index (Phi) is 6.76. The molecule has 0 saturated carbocycles. The van der Waals surface area contributed by atoms with Gasteiger partial charge in [0, 0.05) is 0 Å². The van der Waals surface area contributed by atoms with Crippen molar-refractivity contribution in [3.05, 3.63) is 24.0 Å². The van der Waals surface area contributed by atoms with Crippen LogP contribution in [0.3, 0.4) is 0 Å². The minimum absolute atomic E-state index is 0.455. The van der Waals surface area contributed by atoms with Crippen molar-refractivity contribution in [1.29, 1.82) is 0 Å². The Bertz CT molecular complexity index is 86.5. The van der Waals surface area contributed by atoms with Crippen LogP contribution in [0.2, 0.25) is 0 Å². The average molecular weight is 129 g/mol. The van der Waals surface area contributed by atoms with Crippen molar-refractivity contribution in [1.82, 2.24) is 0 Å². The molecule has 1 unspecified atom stereocenters. The molecule has 1 atom stereocenters. The highest BCUT2D eigenvalue weighted by molar-refractivity contribution is 7.38. The average Bonchev–Trinajstić information content (AvgIpc) is 1.81. The summed E-state index contributed by atoms with van der Waals surface area (Å²) in [5, 5.41) is 0. The van der Waals surface area contributed by atoms with E-state index in [1.807, 2.05) is 18.8 Å². The third kappa shape index (κ3) is 5.87. The molecule has 0 fully saturated rings. The predicted molar refractivity (Wildman–Crippen MR) is 41.1 cm³/mol. The van der Waals surface area contributed by atoms with Crippen molar-refractivity contribution < 1.29 is 0 Å². The molecule has 0 aliphatic rings. The summed E-state index contributed by atoms with van der Waals surface area (Å²) in [6, 6.07) is 0. The van der Waals surface area contributed by atoms with E-state index in [4.69, 9.17) is 5.50 Å². The Balaban J connectivity index is 3.03. The minimum Gasteiger partial charge on any atom is -0.309 e. The molecular weight excluding hydrogens is 117 g/mol. The molecule has 8 heavy (non-hydrogen) atoms. The topological polar surface area (TPSA) is 26.0 Å². The third-order valence-corrected chi connectivity index (χ3v) is 1.15. The fourth-order valence-corrected chi connectivity index (χ4v) is 0.623. The van der Waals surface area contributed by atoms with Crippen LogP contribution >= 0.6 is 8.73 Å². The van der Waals surface area contributed by atoms with E-state index in [9.17, 15) is 0 Å². The maximum Gasteiger partial charge on any atom is -0.0165 e. The van der Waals surface area contributed by atoms with Gasteiger partial charge in [0.05, 0.1) is 0 Å². The van der Waals surface area contributed by atoms with Gasteiger partial charge in [0.1, 0.15) is 0 Å². The smallest absolute Gasteiger partial charge is 0.0165 e. The first-order valence-corrected chi connectivity index (χ1v) is 3.79. The van der Waals surface area contributed by atoms with Crippen molar-refractivity contribution in [3.8, 4) is 0 Å². The first-order valence-electron chi connectivity index (χ1n) is 2.64. The van der Waals surface area contributed by atoms with Gasteiger partial charge in [0.2, 0.25) is 0 Å². The highest BCUT2D eigenvalue weighted by Gasteiger charge is 1.65. The van der Waals surface area contributed by atoms with Crippen molar-refractivity contribution in [3.63, 3.8) is 0 Å². The van der Waals surface area contributed by atoms with E-state index in [0.29, 0.717) is 8.73 Å². The minimum atomic E-state index is 0.455. The zero-order valence-electron chi connectivity index (χ0n) is 5.09. The lowest BCUT2D eigenvalue weighted by molar-refractivity contribution is 1.39.